The third-order valence-corrected chi connectivity index (χ3v) is 4.21. The summed E-state index contributed by atoms with van der Waals surface area (Å²) in [6, 6.07) is 3.86. The van der Waals surface area contributed by atoms with Gasteiger partial charge in [0.15, 0.2) is 0 Å². The molecule has 1 aromatic carbocycles. The van der Waals surface area contributed by atoms with Gasteiger partial charge in [-0.15, -0.1) is 0 Å². The van der Waals surface area contributed by atoms with E-state index in [-0.39, 0.29) is 17.0 Å². The fraction of sp³-hybridized carbons (Fsp3) is 0.417. The first kappa shape index (κ1) is 16.6. The van der Waals surface area contributed by atoms with Crippen LogP contribution in [0.2, 0.25) is 0 Å². The Bertz CT molecular complexity index is 584. The number of nitrogens with one attached hydrogen (secondary N) is 1. The van der Waals surface area contributed by atoms with Crippen LogP contribution in [0.25, 0.3) is 0 Å². The second kappa shape index (κ2) is 6.80. The average Bonchev–Trinajstić information content (AvgIpc) is 2.43. The van der Waals surface area contributed by atoms with Crippen LogP contribution >= 0.6 is 0 Å². The minimum atomic E-state index is -3.95. The van der Waals surface area contributed by atoms with Crippen molar-refractivity contribution in [2.75, 3.05) is 13.2 Å². The molecule has 0 aliphatic heterocycles. The molecule has 0 saturated heterocycles. The van der Waals surface area contributed by atoms with Crippen LogP contribution in [0.5, 0.6) is 0 Å². The minimum Gasteiger partial charge on any atom is -0.478 e. The van der Waals surface area contributed by atoms with Gasteiger partial charge < -0.3 is 15.3 Å². The van der Waals surface area contributed by atoms with E-state index in [0.717, 1.165) is 6.07 Å². The quantitative estimate of drug-likeness (QED) is 0.542. The molecular weight excluding hydrogens is 286 g/mol. The number of carbonyl (C=O) groups is 1. The van der Waals surface area contributed by atoms with Crippen LogP contribution in [0.1, 0.15) is 22.8 Å². The third kappa shape index (κ3) is 4.01. The lowest BCUT2D eigenvalue weighted by atomic mass is 10.1. The lowest BCUT2D eigenvalue weighted by Gasteiger charge is -2.13. The zero-order valence-corrected chi connectivity index (χ0v) is 11.7. The lowest BCUT2D eigenvalue weighted by molar-refractivity contribution is 0.0696. The SMILES string of the molecule is CCc1ccc(C(=O)O)cc1S(=O)(=O)NCC(O)CO. The summed E-state index contributed by atoms with van der Waals surface area (Å²) in [7, 11) is -3.95. The van der Waals surface area contributed by atoms with E-state index >= 15 is 0 Å². The summed E-state index contributed by atoms with van der Waals surface area (Å²) in [6.07, 6.45) is -0.795. The van der Waals surface area contributed by atoms with Crippen molar-refractivity contribution in [3.8, 4) is 0 Å². The number of hydrogen-bond donors (Lipinski definition) is 4. The van der Waals surface area contributed by atoms with Crippen molar-refractivity contribution in [1.82, 2.24) is 4.72 Å². The standard InChI is InChI=1S/C12H17NO6S/c1-2-8-3-4-9(12(16)17)5-11(8)20(18,19)13-6-10(15)7-14/h3-5,10,13-15H,2,6-7H2,1H3,(H,16,17). The van der Waals surface area contributed by atoms with E-state index in [1.54, 1.807) is 6.92 Å². The Morgan fingerprint density at radius 1 is 1.40 bits per heavy atom. The highest BCUT2D eigenvalue weighted by atomic mass is 32.2. The Morgan fingerprint density at radius 3 is 2.55 bits per heavy atom. The van der Waals surface area contributed by atoms with Gasteiger partial charge in [-0.3, -0.25) is 0 Å². The fourth-order valence-electron chi connectivity index (χ4n) is 1.58. The first-order chi connectivity index (χ1) is 9.31. The van der Waals surface area contributed by atoms with Gasteiger partial charge in [0.2, 0.25) is 10.0 Å². The van der Waals surface area contributed by atoms with Crippen molar-refractivity contribution in [3.63, 3.8) is 0 Å². The summed E-state index contributed by atoms with van der Waals surface area (Å²) in [5.74, 6) is -1.22. The molecule has 0 fully saturated rings. The molecule has 0 aliphatic rings. The molecule has 1 rings (SSSR count). The Kier molecular flexibility index (Phi) is 5.63. The molecule has 0 saturated carbocycles. The van der Waals surface area contributed by atoms with E-state index in [1.807, 2.05) is 0 Å². The number of benzene rings is 1. The van der Waals surface area contributed by atoms with Gasteiger partial charge in [0, 0.05) is 6.54 Å². The minimum absolute atomic E-state index is 0.134. The number of aliphatic hydroxyl groups excluding tert-OH is 2. The van der Waals surface area contributed by atoms with Gasteiger partial charge in [-0.2, -0.15) is 0 Å². The Morgan fingerprint density at radius 2 is 2.05 bits per heavy atom. The molecule has 0 bridgehead atoms. The Balaban J connectivity index is 3.14. The first-order valence-electron chi connectivity index (χ1n) is 5.96. The molecule has 0 aromatic heterocycles. The number of aryl methyl sites for hydroxylation is 1. The van der Waals surface area contributed by atoms with Crippen molar-refractivity contribution in [1.29, 1.82) is 0 Å². The molecule has 0 amide bonds. The largest absolute Gasteiger partial charge is 0.478 e. The van der Waals surface area contributed by atoms with Gasteiger partial charge in [0.25, 0.3) is 0 Å². The van der Waals surface area contributed by atoms with Crippen molar-refractivity contribution in [2.45, 2.75) is 24.3 Å². The van der Waals surface area contributed by atoms with E-state index < -0.39 is 28.7 Å². The van der Waals surface area contributed by atoms with Crippen molar-refractivity contribution < 1.29 is 28.5 Å². The van der Waals surface area contributed by atoms with Gasteiger partial charge >= 0.3 is 5.97 Å². The molecule has 1 unspecified atom stereocenters. The number of carboxylic acids is 1. The highest BCUT2D eigenvalue weighted by Crippen LogP contribution is 2.18. The molecule has 4 N–H and O–H groups in total. The summed E-state index contributed by atoms with van der Waals surface area (Å²) >= 11 is 0. The van der Waals surface area contributed by atoms with Gasteiger partial charge in [-0.25, -0.2) is 17.9 Å². The van der Waals surface area contributed by atoms with Crippen LogP contribution < -0.4 is 4.72 Å². The maximum Gasteiger partial charge on any atom is 0.335 e. The molecule has 0 spiro atoms. The van der Waals surface area contributed by atoms with Crippen molar-refractivity contribution >= 4 is 16.0 Å². The van der Waals surface area contributed by atoms with E-state index in [4.69, 9.17) is 15.3 Å². The van der Waals surface area contributed by atoms with Crippen molar-refractivity contribution in [3.05, 3.63) is 29.3 Å². The first-order valence-corrected chi connectivity index (χ1v) is 7.45. The molecule has 1 atom stereocenters. The van der Waals surface area contributed by atoms with Crippen LogP contribution in [0.15, 0.2) is 23.1 Å². The monoisotopic (exact) mass is 303 g/mol. The maximum atomic E-state index is 12.1. The number of aromatic carboxylic acids is 1. The Hall–Kier alpha value is -1.48. The molecule has 0 radical (unpaired) electrons. The second-order valence-electron chi connectivity index (χ2n) is 4.17. The summed E-state index contributed by atoms with van der Waals surface area (Å²) in [4.78, 5) is 10.8. The zero-order chi connectivity index (χ0) is 15.3. The van der Waals surface area contributed by atoms with Gasteiger partial charge in [0.05, 0.1) is 23.2 Å². The molecule has 112 valence electrons. The van der Waals surface area contributed by atoms with Crippen LogP contribution in [-0.4, -0.2) is 49.0 Å². The predicted octanol–water partition coefficient (Wildman–Crippen LogP) is -0.421. The summed E-state index contributed by atoms with van der Waals surface area (Å²) in [5, 5.41) is 26.7. The van der Waals surface area contributed by atoms with Crippen molar-refractivity contribution in [2.24, 2.45) is 0 Å². The maximum absolute atomic E-state index is 12.1. The molecule has 1 aromatic rings. The molecule has 0 heterocycles. The van der Waals surface area contributed by atoms with Crippen LogP contribution in [0.3, 0.4) is 0 Å². The van der Waals surface area contributed by atoms with Crippen LogP contribution in [0.4, 0.5) is 0 Å². The summed E-state index contributed by atoms with van der Waals surface area (Å²) in [5.41, 5.74) is 0.339. The normalized spacial score (nSPS) is 13.2. The molecule has 20 heavy (non-hydrogen) atoms. The van der Waals surface area contributed by atoms with Crippen LogP contribution in [-0.2, 0) is 16.4 Å². The number of aliphatic hydroxyl groups is 2. The number of hydrogen-bond acceptors (Lipinski definition) is 5. The number of carboxylic acid groups (broad SMARTS) is 1. The average molecular weight is 303 g/mol. The van der Waals surface area contributed by atoms with Gasteiger partial charge in [-0.1, -0.05) is 13.0 Å². The van der Waals surface area contributed by atoms with Crippen LogP contribution in [0, 0.1) is 0 Å². The van der Waals surface area contributed by atoms with Gasteiger partial charge in [0.1, 0.15) is 0 Å². The number of rotatable bonds is 7. The lowest BCUT2D eigenvalue weighted by Crippen LogP contribution is -2.34. The fourth-order valence-corrected chi connectivity index (χ4v) is 2.98. The Labute approximate surface area is 116 Å². The van der Waals surface area contributed by atoms with Gasteiger partial charge in [-0.05, 0) is 24.1 Å². The summed E-state index contributed by atoms with van der Waals surface area (Å²) in [6.45, 7) is 0.828. The molecule has 8 heteroatoms. The summed E-state index contributed by atoms with van der Waals surface area (Å²) < 4.78 is 26.4. The molecule has 0 aliphatic carbocycles. The molecule has 7 nitrogen and oxygen atoms in total. The predicted molar refractivity (Wildman–Crippen MR) is 71.1 cm³/mol. The highest BCUT2D eigenvalue weighted by molar-refractivity contribution is 7.89. The van der Waals surface area contributed by atoms with E-state index in [2.05, 4.69) is 4.72 Å². The molecular formula is C12H17NO6S. The smallest absolute Gasteiger partial charge is 0.335 e. The second-order valence-corrected chi connectivity index (χ2v) is 5.90. The topological polar surface area (TPSA) is 124 Å². The van der Waals surface area contributed by atoms with E-state index in [1.165, 1.54) is 12.1 Å². The third-order valence-electron chi connectivity index (χ3n) is 2.70. The van der Waals surface area contributed by atoms with E-state index in [0.29, 0.717) is 12.0 Å². The number of sulfonamides is 1. The van der Waals surface area contributed by atoms with E-state index in [9.17, 15) is 13.2 Å². The zero-order valence-electron chi connectivity index (χ0n) is 10.9. The highest BCUT2D eigenvalue weighted by Gasteiger charge is 2.20.